The first-order valence-electron chi connectivity index (χ1n) is 10.6. The largest absolute Gasteiger partial charge is 0.494 e. The van der Waals surface area contributed by atoms with Crippen LogP contribution >= 0.6 is 11.8 Å². The highest BCUT2D eigenvalue weighted by Crippen LogP contribution is 2.37. The van der Waals surface area contributed by atoms with Gasteiger partial charge in [0.2, 0.25) is 0 Å². The number of carbonyl (C=O) groups is 2. The summed E-state index contributed by atoms with van der Waals surface area (Å²) in [5.41, 5.74) is 0.178. The summed E-state index contributed by atoms with van der Waals surface area (Å²) < 4.78 is 11.2. The van der Waals surface area contributed by atoms with E-state index >= 15 is 0 Å². The maximum atomic E-state index is 12.8. The first-order valence-corrected chi connectivity index (χ1v) is 11.8. The molecular formula is C24H30N2O4S. The molecule has 0 unspecified atom stereocenters. The predicted molar refractivity (Wildman–Crippen MR) is 124 cm³/mol. The summed E-state index contributed by atoms with van der Waals surface area (Å²) in [7, 11) is 0. The van der Waals surface area contributed by atoms with E-state index in [-0.39, 0.29) is 12.0 Å². The van der Waals surface area contributed by atoms with Gasteiger partial charge in [-0.3, -0.25) is 4.79 Å². The average Bonchev–Trinajstić information content (AvgIpc) is 2.80. The smallest absolute Gasteiger partial charge is 0.321 e. The van der Waals surface area contributed by atoms with Crippen LogP contribution in [0.25, 0.3) is 0 Å². The van der Waals surface area contributed by atoms with Crippen LogP contribution < -0.4 is 10.1 Å². The van der Waals surface area contributed by atoms with E-state index in [2.05, 4.69) is 5.32 Å². The second kappa shape index (κ2) is 11.1. The molecule has 7 heteroatoms. The number of hydrogen-bond acceptors (Lipinski definition) is 5. The molecule has 2 aromatic carbocycles. The summed E-state index contributed by atoms with van der Waals surface area (Å²) in [5, 5.41) is 3.00. The number of urea groups is 1. The van der Waals surface area contributed by atoms with Crippen LogP contribution in [-0.2, 0) is 9.53 Å². The standard InChI is InChI=1S/C24H30N2O4S/c1-3-29-22(27)24(15-18-30-19-9-5-4-6-10-19)13-16-26(17-14-24)23(28)25-20-11-7-8-12-21(20)31-2/h4-12H,3,13-18H2,1-2H3,(H,25,28). The summed E-state index contributed by atoms with van der Waals surface area (Å²) in [6, 6.07) is 17.2. The Balaban J connectivity index is 1.60. The van der Waals surface area contributed by atoms with E-state index < -0.39 is 5.41 Å². The quantitative estimate of drug-likeness (QED) is 0.457. The number of likely N-dealkylation sites (tertiary alicyclic amines) is 1. The normalized spacial score (nSPS) is 15.2. The van der Waals surface area contributed by atoms with Crippen molar-refractivity contribution in [1.29, 1.82) is 0 Å². The number of para-hydroxylation sites is 2. The topological polar surface area (TPSA) is 67.9 Å². The Labute approximate surface area is 188 Å². The third-order valence-corrected chi connectivity index (χ3v) is 6.45. The van der Waals surface area contributed by atoms with Gasteiger partial charge in [0.25, 0.3) is 0 Å². The molecule has 0 radical (unpaired) electrons. The number of anilines is 1. The maximum Gasteiger partial charge on any atom is 0.321 e. The first kappa shape index (κ1) is 23.0. The molecule has 1 heterocycles. The minimum Gasteiger partial charge on any atom is -0.494 e. The fourth-order valence-electron chi connectivity index (χ4n) is 3.80. The first-order chi connectivity index (χ1) is 15.1. The number of amides is 2. The highest BCUT2D eigenvalue weighted by molar-refractivity contribution is 7.98. The van der Waals surface area contributed by atoms with Crippen molar-refractivity contribution < 1.29 is 19.1 Å². The Kier molecular flexibility index (Phi) is 8.23. The van der Waals surface area contributed by atoms with Gasteiger partial charge in [0, 0.05) is 18.0 Å². The van der Waals surface area contributed by atoms with Gasteiger partial charge in [0.1, 0.15) is 5.75 Å². The lowest BCUT2D eigenvalue weighted by Crippen LogP contribution is -2.49. The number of hydrogen-bond donors (Lipinski definition) is 1. The molecule has 1 saturated heterocycles. The van der Waals surface area contributed by atoms with Gasteiger partial charge in [-0.05, 0) is 56.7 Å². The van der Waals surface area contributed by atoms with Gasteiger partial charge in [-0.25, -0.2) is 4.79 Å². The second-order valence-electron chi connectivity index (χ2n) is 7.53. The van der Waals surface area contributed by atoms with Crippen LogP contribution in [0, 0.1) is 5.41 Å². The summed E-state index contributed by atoms with van der Waals surface area (Å²) in [6.07, 6.45) is 3.66. The lowest BCUT2D eigenvalue weighted by Gasteiger charge is -2.39. The number of carbonyl (C=O) groups excluding carboxylic acids is 2. The van der Waals surface area contributed by atoms with Crippen molar-refractivity contribution in [2.75, 3.05) is 37.9 Å². The number of nitrogens with one attached hydrogen (secondary N) is 1. The Morgan fingerprint density at radius 1 is 1.06 bits per heavy atom. The van der Waals surface area contributed by atoms with Crippen LogP contribution in [-0.4, -0.2) is 49.5 Å². The van der Waals surface area contributed by atoms with Crippen LogP contribution in [0.1, 0.15) is 26.2 Å². The Bertz CT molecular complexity index is 867. The van der Waals surface area contributed by atoms with Crippen molar-refractivity contribution in [3.8, 4) is 5.75 Å². The molecule has 0 bridgehead atoms. The van der Waals surface area contributed by atoms with Crippen molar-refractivity contribution in [2.24, 2.45) is 5.41 Å². The van der Waals surface area contributed by atoms with Gasteiger partial charge in [0.15, 0.2) is 0 Å². The molecule has 0 spiro atoms. The number of ether oxygens (including phenoxy) is 2. The molecule has 0 atom stereocenters. The molecule has 6 nitrogen and oxygen atoms in total. The Morgan fingerprint density at radius 3 is 2.42 bits per heavy atom. The van der Waals surface area contributed by atoms with Gasteiger partial charge < -0.3 is 19.7 Å². The molecule has 2 amide bonds. The molecule has 0 aliphatic carbocycles. The molecule has 1 aliphatic heterocycles. The van der Waals surface area contributed by atoms with Gasteiger partial charge in [-0.1, -0.05) is 30.3 Å². The van der Waals surface area contributed by atoms with Crippen LogP contribution in [0.15, 0.2) is 59.5 Å². The Hall–Kier alpha value is -2.67. The fourth-order valence-corrected chi connectivity index (χ4v) is 4.35. The van der Waals surface area contributed by atoms with Gasteiger partial charge >= 0.3 is 12.0 Å². The van der Waals surface area contributed by atoms with E-state index in [1.807, 2.05) is 67.8 Å². The minimum absolute atomic E-state index is 0.139. The molecule has 3 rings (SSSR count). The molecule has 1 aliphatic rings. The van der Waals surface area contributed by atoms with Crippen molar-refractivity contribution in [1.82, 2.24) is 4.90 Å². The highest BCUT2D eigenvalue weighted by atomic mass is 32.2. The lowest BCUT2D eigenvalue weighted by molar-refractivity contribution is -0.159. The van der Waals surface area contributed by atoms with Gasteiger partial charge in [-0.15, -0.1) is 11.8 Å². The lowest BCUT2D eigenvalue weighted by atomic mass is 9.76. The third-order valence-electron chi connectivity index (χ3n) is 5.66. The zero-order valence-electron chi connectivity index (χ0n) is 18.1. The number of nitrogens with zero attached hydrogens (tertiary/aromatic N) is 1. The third kappa shape index (κ3) is 5.94. The number of rotatable bonds is 8. The molecule has 166 valence electrons. The van der Waals surface area contributed by atoms with Crippen LogP contribution in [0.3, 0.4) is 0 Å². The summed E-state index contributed by atoms with van der Waals surface area (Å²) in [5.74, 6) is 0.588. The summed E-state index contributed by atoms with van der Waals surface area (Å²) >= 11 is 1.59. The van der Waals surface area contributed by atoms with E-state index in [0.717, 1.165) is 16.3 Å². The number of benzene rings is 2. The molecule has 2 aromatic rings. The van der Waals surface area contributed by atoms with Crippen molar-refractivity contribution >= 4 is 29.4 Å². The van der Waals surface area contributed by atoms with Crippen LogP contribution in [0.4, 0.5) is 10.5 Å². The van der Waals surface area contributed by atoms with Crippen molar-refractivity contribution in [2.45, 2.75) is 31.1 Å². The van der Waals surface area contributed by atoms with E-state index in [0.29, 0.717) is 45.6 Å². The summed E-state index contributed by atoms with van der Waals surface area (Å²) in [6.45, 7) is 3.58. The molecule has 1 fully saturated rings. The molecule has 0 aromatic heterocycles. The highest BCUT2D eigenvalue weighted by Gasteiger charge is 2.43. The number of thioether (sulfide) groups is 1. The monoisotopic (exact) mass is 442 g/mol. The zero-order chi connectivity index (χ0) is 22.1. The molecular weight excluding hydrogens is 412 g/mol. The van der Waals surface area contributed by atoms with E-state index in [9.17, 15) is 9.59 Å². The van der Waals surface area contributed by atoms with E-state index in [1.54, 1.807) is 16.7 Å². The van der Waals surface area contributed by atoms with Gasteiger partial charge in [0.05, 0.1) is 24.3 Å². The average molecular weight is 443 g/mol. The fraction of sp³-hybridized carbons (Fsp3) is 0.417. The Morgan fingerprint density at radius 2 is 1.74 bits per heavy atom. The second-order valence-corrected chi connectivity index (χ2v) is 8.38. The van der Waals surface area contributed by atoms with Gasteiger partial charge in [-0.2, -0.15) is 0 Å². The molecule has 31 heavy (non-hydrogen) atoms. The molecule has 1 N–H and O–H groups in total. The minimum atomic E-state index is -0.626. The SMILES string of the molecule is CCOC(=O)C1(CCOc2ccccc2)CCN(C(=O)Nc2ccccc2SC)CC1. The van der Waals surface area contributed by atoms with Crippen molar-refractivity contribution in [3.05, 3.63) is 54.6 Å². The molecule has 0 saturated carbocycles. The number of piperidine rings is 1. The van der Waals surface area contributed by atoms with Crippen molar-refractivity contribution in [3.63, 3.8) is 0 Å². The van der Waals surface area contributed by atoms with E-state index in [1.165, 1.54) is 0 Å². The van der Waals surface area contributed by atoms with Crippen LogP contribution in [0.5, 0.6) is 5.75 Å². The summed E-state index contributed by atoms with van der Waals surface area (Å²) in [4.78, 5) is 28.4. The zero-order valence-corrected chi connectivity index (χ0v) is 19.0. The van der Waals surface area contributed by atoms with Crippen LogP contribution in [0.2, 0.25) is 0 Å². The maximum absolute atomic E-state index is 12.8. The number of esters is 1. The van der Waals surface area contributed by atoms with E-state index in [4.69, 9.17) is 9.47 Å². The predicted octanol–water partition coefficient (Wildman–Crippen LogP) is 5.05.